The number of nitrogens with zero attached hydrogens (tertiary/aromatic N) is 4. The third-order valence-electron chi connectivity index (χ3n) is 11.7. The first kappa shape index (κ1) is 31.5. The Morgan fingerprint density at radius 2 is 1.05 bits per heavy atom. The predicted molar refractivity (Wildman–Crippen MR) is 227 cm³/mol. The fourth-order valence-electron chi connectivity index (χ4n) is 8.87. The molecule has 0 bridgehead atoms. The van der Waals surface area contributed by atoms with Crippen molar-refractivity contribution in [1.82, 2.24) is 18.9 Å². The van der Waals surface area contributed by atoms with Crippen LogP contribution in [-0.2, 0) is 5.41 Å². The summed E-state index contributed by atoms with van der Waals surface area (Å²) in [5.41, 5.74) is 18.7. The number of benzene rings is 7. The molecule has 55 heavy (non-hydrogen) atoms. The van der Waals surface area contributed by atoms with Gasteiger partial charge in [-0.25, -0.2) is 4.98 Å². The summed E-state index contributed by atoms with van der Waals surface area (Å²) in [5.74, 6) is 0. The average Bonchev–Trinajstić information content (AvgIpc) is 3.89. The Bertz CT molecular complexity index is 3100. The van der Waals surface area contributed by atoms with Crippen LogP contribution in [0.15, 0.2) is 182 Å². The summed E-state index contributed by atoms with van der Waals surface area (Å²) in [6.07, 6.45) is 5.79. The van der Waals surface area contributed by atoms with Crippen molar-refractivity contribution in [2.75, 3.05) is 0 Å². The number of aromatic nitrogens is 4. The van der Waals surface area contributed by atoms with E-state index >= 15 is 0 Å². The van der Waals surface area contributed by atoms with Gasteiger partial charge in [-0.05, 0) is 87.0 Å². The minimum atomic E-state index is -0.148. The molecule has 0 fully saturated rings. The zero-order valence-electron chi connectivity index (χ0n) is 30.6. The first-order valence-corrected chi connectivity index (χ1v) is 18.9. The van der Waals surface area contributed by atoms with E-state index in [9.17, 15) is 0 Å². The van der Waals surface area contributed by atoms with Crippen LogP contribution < -0.4 is 0 Å². The van der Waals surface area contributed by atoms with E-state index < -0.39 is 0 Å². The zero-order valence-corrected chi connectivity index (χ0v) is 30.6. The average molecular weight is 705 g/mol. The van der Waals surface area contributed by atoms with Gasteiger partial charge in [0, 0.05) is 45.4 Å². The van der Waals surface area contributed by atoms with E-state index in [1.807, 2.05) is 36.8 Å². The van der Waals surface area contributed by atoms with Gasteiger partial charge in [-0.15, -0.1) is 0 Å². The van der Waals surface area contributed by atoms with Crippen molar-refractivity contribution in [3.63, 3.8) is 0 Å². The summed E-state index contributed by atoms with van der Waals surface area (Å²) in [6, 6.07) is 59.5. The van der Waals surface area contributed by atoms with Crippen LogP contribution >= 0.6 is 0 Å². The maximum Gasteiger partial charge on any atom is 0.163 e. The van der Waals surface area contributed by atoms with Crippen molar-refractivity contribution in [2.24, 2.45) is 0 Å². The van der Waals surface area contributed by atoms with Crippen LogP contribution in [0, 0.1) is 0 Å². The van der Waals surface area contributed by atoms with Gasteiger partial charge in [0.1, 0.15) is 5.69 Å². The molecule has 260 valence electrons. The fourth-order valence-corrected chi connectivity index (χ4v) is 8.87. The highest BCUT2D eigenvalue weighted by Gasteiger charge is 2.36. The number of para-hydroxylation sites is 2. The van der Waals surface area contributed by atoms with Gasteiger partial charge in [0.25, 0.3) is 0 Å². The molecule has 0 atom stereocenters. The molecule has 0 aliphatic heterocycles. The van der Waals surface area contributed by atoms with Crippen LogP contribution in [0.3, 0.4) is 0 Å². The Hall–Kier alpha value is -7.04. The van der Waals surface area contributed by atoms with Crippen molar-refractivity contribution < 1.29 is 0 Å². The van der Waals surface area contributed by atoms with E-state index in [1.165, 1.54) is 72.0 Å². The molecular weight excluding hydrogens is 669 g/mol. The van der Waals surface area contributed by atoms with Crippen molar-refractivity contribution in [2.45, 2.75) is 19.3 Å². The molecule has 4 heteroatoms. The van der Waals surface area contributed by atoms with E-state index in [0.29, 0.717) is 0 Å². The molecule has 1 aliphatic rings. The van der Waals surface area contributed by atoms with Crippen molar-refractivity contribution in [3.05, 3.63) is 194 Å². The number of fused-ring (bicyclic) bond motifs is 7. The SMILES string of the molecule is CC1(C)c2cc(-c3ccc(-c4cnc5c(-c6ccccc6)nccn45)cc3)ccc2-c2ccc(-c3ccc4c(c3)c3ccccc3n4-c3ccccc3)cc21. The van der Waals surface area contributed by atoms with Crippen LogP contribution in [0.5, 0.6) is 0 Å². The highest BCUT2D eigenvalue weighted by atomic mass is 15.0. The van der Waals surface area contributed by atoms with Gasteiger partial charge < -0.3 is 4.57 Å². The molecule has 0 saturated carbocycles. The second kappa shape index (κ2) is 12.0. The molecule has 10 aromatic rings. The molecule has 0 spiro atoms. The van der Waals surface area contributed by atoms with Gasteiger partial charge in [-0.3, -0.25) is 9.38 Å². The molecule has 0 amide bonds. The summed E-state index contributed by atoms with van der Waals surface area (Å²) < 4.78 is 4.51. The lowest BCUT2D eigenvalue weighted by molar-refractivity contribution is 0.661. The first-order valence-electron chi connectivity index (χ1n) is 18.9. The minimum absolute atomic E-state index is 0.148. The molecule has 1 aliphatic carbocycles. The number of hydrogen-bond donors (Lipinski definition) is 0. The van der Waals surface area contributed by atoms with Gasteiger partial charge in [-0.1, -0.05) is 135 Å². The highest BCUT2D eigenvalue weighted by molar-refractivity contribution is 6.10. The van der Waals surface area contributed by atoms with Crippen LogP contribution in [0.4, 0.5) is 0 Å². The molecule has 0 unspecified atom stereocenters. The minimum Gasteiger partial charge on any atom is -0.309 e. The van der Waals surface area contributed by atoms with Gasteiger partial charge in [0.2, 0.25) is 0 Å². The lowest BCUT2D eigenvalue weighted by Crippen LogP contribution is -2.15. The molecule has 11 rings (SSSR count). The van der Waals surface area contributed by atoms with E-state index in [2.05, 4.69) is 173 Å². The molecule has 0 saturated heterocycles. The monoisotopic (exact) mass is 704 g/mol. The van der Waals surface area contributed by atoms with Crippen molar-refractivity contribution in [1.29, 1.82) is 0 Å². The molecule has 0 N–H and O–H groups in total. The number of imidazole rings is 1. The van der Waals surface area contributed by atoms with Crippen LogP contribution in [0.25, 0.3) is 89.0 Å². The third kappa shape index (κ3) is 4.85. The molecule has 0 radical (unpaired) electrons. The lowest BCUT2D eigenvalue weighted by Gasteiger charge is -2.22. The van der Waals surface area contributed by atoms with Gasteiger partial charge in [-0.2, -0.15) is 0 Å². The standard InChI is InChI=1S/C51H36N4/c1-51(2)44-30-37(33-17-19-34(20-18-33)48-32-53-50-49(52-27-28-54(48)50)35-11-5-3-6-12-35)21-24-40(44)41-25-22-38(31-45(41)51)36-23-26-47-43(29-36)42-15-9-10-16-46(42)55(47)39-13-7-4-8-14-39/h3-32H,1-2H3. The molecule has 3 aromatic heterocycles. The second-order valence-electron chi connectivity index (χ2n) is 15.1. The summed E-state index contributed by atoms with van der Waals surface area (Å²) in [5, 5.41) is 2.54. The quantitative estimate of drug-likeness (QED) is 0.179. The lowest BCUT2D eigenvalue weighted by atomic mass is 9.81. The third-order valence-corrected chi connectivity index (χ3v) is 11.7. The topological polar surface area (TPSA) is 35.1 Å². The Morgan fingerprint density at radius 1 is 0.473 bits per heavy atom. The van der Waals surface area contributed by atoms with E-state index in [1.54, 1.807) is 0 Å². The van der Waals surface area contributed by atoms with Crippen molar-refractivity contribution in [3.8, 4) is 61.6 Å². The summed E-state index contributed by atoms with van der Waals surface area (Å²) in [6.45, 7) is 4.74. The largest absolute Gasteiger partial charge is 0.309 e. The first-order chi connectivity index (χ1) is 27.0. The molecule has 3 heterocycles. The van der Waals surface area contributed by atoms with E-state index in [4.69, 9.17) is 4.98 Å². The summed E-state index contributed by atoms with van der Waals surface area (Å²) in [4.78, 5) is 9.45. The smallest absolute Gasteiger partial charge is 0.163 e. The maximum atomic E-state index is 4.79. The predicted octanol–water partition coefficient (Wildman–Crippen LogP) is 12.8. The maximum absolute atomic E-state index is 4.79. The molecule has 7 aromatic carbocycles. The number of hydrogen-bond acceptors (Lipinski definition) is 2. The Labute approximate surface area is 319 Å². The molecular formula is C51H36N4. The fraction of sp³-hybridized carbons (Fsp3) is 0.0588. The summed E-state index contributed by atoms with van der Waals surface area (Å²) in [7, 11) is 0. The Balaban J connectivity index is 0.923. The van der Waals surface area contributed by atoms with Crippen LogP contribution in [0.1, 0.15) is 25.0 Å². The Morgan fingerprint density at radius 3 is 1.80 bits per heavy atom. The van der Waals surface area contributed by atoms with E-state index in [0.717, 1.165) is 28.2 Å². The second-order valence-corrected chi connectivity index (χ2v) is 15.1. The summed E-state index contributed by atoms with van der Waals surface area (Å²) >= 11 is 0. The van der Waals surface area contributed by atoms with Crippen molar-refractivity contribution >= 4 is 27.5 Å². The van der Waals surface area contributed by atoms with Crippen LogP contribution in [-0.4, -0.2) is 18.9 Å². The highest BCUT2D eigenvalue weighted by Crippen LogP contribution is 2.51. The van der Waals surface area contributed by atoms with Gasteiger partial charge >= 0.3 is 0 Å². The van der Waals surface area contributed by atoms with E-state index in [-0.39, 0.29) is 5.41 Å². The Kier molecular flexibility index (Phi) is 6.86. The normalized spacial score (nSPS) is 13.1. The van der Waals surface area contributed by atoms with Gasteiger partial charge in [0.15, 0.2) is 5.65 Å². The van der Waals surface area contributed by atoms with Gasteiger partial charge in [0.05, 0.1) is 22.9 Å². The number of rotatable bonds is 5. The van der Waals surface area contributed by atoms with Crippen LogP contribution in [0.2, 0.25) is 0 Å². The molecule has 4 nitrogen and oxygen atoms in total. The zero-order chi connectivity index (χ0) is 36.7.